The third-order valence-corrected chi connectivity index (χ3v) is 7.38. The summed E-state index contributed by atoms with van der Waals surface area (Å²) in [6, 6.07) is 22.2. The smallest absolute Gasteiger partial charge is 0.244 e. The Morgan fingerprint density at radius 2 is 1.52 bits per heavy atom. The maximum atomic E-state index is 13.7. The van der Waals surface area contributed by atoms with Gasteiger partial charge in [-0.25, -0.2) is 8.42 Å². The number of carbonyl (C=O) groups is 2. The van der Waals surface area contributed by atoms with E-state index in [-0.39, 0.29) is 12.5 Å². The van der Waals surface area contributed by atoms with Crippen molar-refractivity contribution in [3.05, 3.63) is 95.0 Å². The highest BCUT2D eigenvalue weighted by atomic mass is 35.5. The van der Waals surface area contributed by atoms with E-state index in [0.717, 1.165) is 21.7 Å². The third kappa shape index (κ3) is 9.27. The van der Waals surface area contributed by atoms with Crippen molar-refractivity contribution in [1.82, 2.24) is 10.2 Å². The molecule has 3 aromatic carbocycles. The van der Waals surface area contributed by atoms with Crippen LogP contribution >= 0.6 is 11.6 Å². The number of amides is 2. The van der Waals surface area contributed by atoms with E-state index in [2.05, 4.69) is 5.32 Å². The van der Waals surface area contributed by atoms with E-state index >= 15 is 0 Å². The van der Waals surface area contributed by atoms with Gasteiger partial charge in [0.25, 0.3) is 0 Å². The summed E-state index contributed by atoms with van der Waals surface area (Å²) in [5, 5.41) is 3.44. The second-order valence-corrected chi connectivity index (χ2v) is 12.9. The largest absolute Gasteiger partial charge is 0.489 e. The first kappa shape index (κ1) is 31.0. The molecule has 8 nitrogen and oxygen atoms in total. The highest BCUT2D eigenvalue weighted by Gasteiger charge is 2.31. The van der Waals surface area contributed by atoms with Crippen molar-refractivity contribution in [1.29, 1.82) is 0 Å². The van der Waals surface area contributed by atoms with Crippen LogP contribution in [0.25, 0.3) is 0 Å². The van der Waals surface area contributed by atoms with Crippen LogP contribution in [0.4, 0.5) is 5.69 Å². The molecule has 2 amide bonds. The second kappa shape index (κ2) is 13.2. The zero-order valence-electron chi connectivity index (χ0n) is 23.4. The number of rotatable bonds is 11. The lowest BCUT2D eigenvalue weighted by atomic mass is 10.1. The number of hydrogen-bond acceptors (Lipinski definition) is 5. The van der Waals surface area contributed by atoms with Crippen LogP contribution in [0, 0.1) is 0 Å². The highest BCUT2D eigenvalue weighted by molar-refractivity contribution is 7.92. The Bertz CT molecular complexity index is 1390. The number of nitrogens with zero attached hydrogens (tertiary/aromatic N) is 2. The van der Waals surface area contributed by atoms with E-state index in [1.165, 1.54) is 4.90 Å². The molecule has 1 atom stereocenters. The molecule has 0 saturated carbocycles. The summed E-state index contributed by atoms with van der Waals surface area (Å²) in [5.74, 6) is -0.314. The van der Waals surface area contributed by atoms with Gasteiger partial charge in [0.05, 0.1) is 11.9 Å². The van der Waals surface area contributed by atoms with Gasteiger partial charge in [0, 0.05) is 17.1 Å². The van der Waals surface area contributed by atoms with Crippen LogP contribution in [-0.2, 0) is 32.8 Å². The zero-order valence-corrected chi connectivity index (χ0v) is 25.0. The van der Waals surface area contributed by atoms with Gasteiger partial charge < -0.3 is 15.0 Å². The molecule has 0 fully saturated rings. The lowest BCUT2D eigenvalue weighted by molar-refractivity contribution is -0.140. The van der Waals surface area contributed by atoms with Crippen molar-refractivity contribution in [2.75, 3.05) is 17.1 Å². The molecule has 0 aliphatic rings. The Morgan fingerprint density at radius 1 is 0.925 bits per heavy atom. The molecule has 0 spiro atoms. The number of benzene rings is 3. The molecule has 0 bridgehead atoms. The van der Waals surface area contributed by atoms with Crippen LogP contribution in [0.2, 0.25) is 5.02 Å². The van der Waals surface area contributed by atoms with Crippen molar-refractivity contribution in [3.8, 4) is 5.75 Å². The number of carbonyl (C=O) groups excluding carboxylic acids is 2. The summed E-state index contributed by atoms with van der Waals surface area (Å²) in [7, 11) is -3.84. The minimum absolute atomic E-state index is 0.0958. The fraction of sp³-hybridized carbons (Fsp3) is 0.333. The first-order chi connectivity index (χ1) is 18.7. The maximum absolute atomic E-state index is 13.7. The molecule has 0 aromatic heterocycles. The molecule has 3 aromatic rings. The van der Waals surface area contributed by atoms with Crippen LogP contribution in [0.5, 0.6) is 5.75 Å². The molecular formula is C30H36ClN3O5S. The predicted octanol–water partition coefficient (Wildman–Crippen LogP) is 5.02. The van der Waals surface area contributed by atoms with Gasteiger partial charge >= 0.3 is 0 Å². The van der Waals surface area contributed by atoms with Gasteiger partial charge in [0.15, 0.2) is 0 Å². The van der Waals surface area contributed by atoms with Gasteiger partial charge in [-0.3, -0.25) is 13.9 Å². The van der Waals surface area contributed by atoms with Crippen LogP contribution in [0.1, 0.15) is 38.8 Å². The molecule has 0 aliphatic carbocycles. The Labute approximate surface area is 241 Å². The lowest BCUT2D eigenvalue weighted by Gasteiger charge is -2.33. The first-order valence-corrected chi connectivity index (χ1v) is 15.1. The number of nitrogens with one attached hydrogen (secondary N) is 1. The Morgan fingerprint density at radius 3 is 2.08 bits per heavy atom. The molecule has 214 valence electrons. The van der Waals surface area contributed by atoms with E-state index < -0.39 is 34.1 Å². The average Bonchev–Trinajstić information content (AvgIpc) is 2.89. The molecule has 40 heavy (non-hydrogen) atoms. The molecule has 0 unspecified atom stereocenters. The van der Waals surface area contributed by atoms with Crippen molar-refractivity contribution in [2.45, 2.75) is 52.4 Å². The summed E-state index contributed by atoms with van der Waals surface area (Å²) in [4.78, 5) is 28.1. The van der Waals surface area contributed by atoms with Gasteiger partial charge in [-0.2, -0.15) is 0 Å². The van der Waals surface area contributed by atoms with Gasteiger partial charge in [0.1, 0.15) is 24.9 Å². The van der Waals surface area contributed by atoms with Crippen LogP contribution < -0.4 is 14.4 Å². The van der Waals surface area contributed by atoms with Crippen molar-refractivity contribution in [2.24, 2.45) is 0 Å². The summed E-state index contributed by atoms with van der Waals surface area (Å²) in [5.41, 5.74) is 1.55. The maximum Gasteiger partial charge on any atom is 0.244 e. The Hall–Kier alpha value is -3.56. The van der Waals surface area contributed by atoms with E-state index in [1.54, 1.807) is 55.5 Å². The van der Waals surface area contributed by atoms with Crippen LogP contribution in [0.15, 0.2) is 78.9 Å². The number of anilines is 1. The standard InChI is InChI=1S/C30H36ClN3O5S/c1-22(29(36)32-30(2,3)4)33(19-23-11-13-25(31)14-12-23)28(35)20-34(40(5,37)38)26-15-17-27(18-16-26)39-21-24-9-7-6-8-10-24/h6-18,22H,19-21H2,1-5H3,(H,32,36)/t22-/m1/s1. The molecule has 0 saturated heterocycles. The molecule has 10 heteroatoms. The minimum atomic E-state index is -3.84. The summed E-state index contributed by atoms with van der Waals surface area (Å²) >= 11 is 6.02. The van der Waals surface area contributed by atoms with Crippen molar-refractivity contribution < 1.29 is 22.7 Å². The quantitative estimate of drug-likeness (QED) is 0.341. The molecular weight excluding hydrogens is 550 g/mol. The topological polar surface area (TPSA) is 96.0 Å². The SMILES string of the molecule is C[C@H](C(=O)NC(C)(C)C)N(Cc1ccc(Cl)cc1)C(=O)CN(c1ccc(OCc2ccccc2)cc1)S(C)(=O)=O. The summed E-state index contributed by atoms with van der Waals surface area (Å²) in [6.45, 7) is 7.15. The molecule has 0 radical (unpaired) electrons. The molecule has 0 aliphatic heterocycles. The number of halogens is 1. The van der Waals surface area contributed by atoms with E-state index in [9.17, 15) is 18.0 Å². The highest BCUT2D eigenvalue weighted by Crippen LogP contribution is 2.23. The number of ether oxygens (including phenoxy) is 1. The minimum Gasteiger partial charge on any atom is -0.489 e. The fourth-order valence-corrected chi connectivity index (χ4v) is 4.88. The van der Waals surface area contributed by atoms with Crippen LogP contribution in [-0.4, -0.2) is 49.5 Å². The second-order valence-electron chi connectivity index (χ2n) is 10.6. The lowest BCUT2D eigenvalue weighted by Crippen LogP contribution is -2.54. The summed E-state index contributed by atoms with van der Waals surface area (Å²) < 4.78 is 32.4. The Kier molecular flexibility index (Phi) is 10.2. The molecule has 0 heterocycles. The Balaban J connectivity index is 1.83. The van der Waals surface area contributed by atoms with E-state index in [0.29, 0.717) is 23.1 Å². The average molecular weight is 586 g/mol. The predicted molar refractivity (Wildman–Crippen MR) is 159 cm³/mol. The summed E-state index contributed by atoms with van der Waals surface area (Å²) in [6.07, 6.45) is 1.04. The number of hydrogen-bond donors (Lipinski definition) is 1. The van der Waals surface area contributed by atoms with E-state index in [4.69, 9.17) is 16.3 Å². The zero-order chi connectivity index (χ0) is 29.5. The van der Waals surface area contributed by atoms with Crippen molar-refractivity contribution >= 4 is 39.1 Å². The fourth-order valence-electron chi connectivity index (χ4n) is 3.91. The van der Waals surface area contributed by atoms with Gasteiger partial charge in [-0.1, -0.05) is 54.1 Å². The monoisotopic (exact) mass is 585 g/mol. The van der Waals surface area contributed by atoms with Crippen LogP contribution in [0.3, 0.4) is 0 Å². The normalized spacial score (nSPS) is 12.3. The third-order valence-electron chi connectivity index (χ3n) is 5.98. The molecule has 1 N–H and O–H groups in total. The molecule has 3 rings (SSSR count). The van der Waals surface area contributed by atoms with Crippen molar-refractivity contribution in [3.63, 3.8) is 0 Å². The van der Waals surface area contributed by atoms with Gasteiger partial charge in [-0.15, -0.1) is 0 Å². The van der Waals surface area contributed by atoms with E-state index in [1.807, 2.05) is 51.1 Å². The number of sulfonamides is 1. The van der Waals surface area contributed by atoms with Gasteiger partial charge in [0.2, 0.25) is 21.8 Å². The van der Waals surface area contributed by atoms with Gasteiger partial charge in [-0.05, 0) is 75.2 Å². The first-order valence-electron chi connectivity index (χ1n) is 12.8.